The highest BCUT2D eigenvalue weighted by Crippen LogP contribution is 2.47. The lowest BCUT2D eigenvalue weighted by atomic mass is 9.95. The van der Waals surface area contributed by atoms with Crippen molar-refractivity contribution in [2.45, 2.75) is 88.8 Å². The van der Waals surface area contributed by atoms with Crippen molar-refractivity contribution >= 4 is 31.6 Å². The maximum absolute atomic E-state index is 15.5. The molecule has 2 saturated heterocycles. The van der Waals surface area contributed by atoms with E-state index in [0.29, 0.717) is 19.4 Å². The van der Waals surface area contributed by atoms with Gasteiger partial charge in [0.05, 0.1) is 42.7 Å². The number of carbonyl (C=O) groups is 2. The fourth-order valence-electron chi connectivity index (χ4n) is 6.92. The molecule has 2 fully saturated rings. The van der Waals surface area contributed by atoms with Gasteiger partial charge in [0, 0.05) is 24.9 Å². The normalized spacial score (nSPS) is 26.9. The van der Waals surface area contributed by atoms with Crippen LogP contribution in [0.5, 0.6) is 0 Å². The fourth-order valence-corrected chi connectivity index (χ4v) is 9.47. The second-order valence-corrected chi connectivity index (χ2v) is 16.1. The second kappa shape index (κ2) is 12.5. The number of hydrogen-bond donors (Lipinski definition) is 1. The molecule has 7 nitrogen and oxygen atoms in total. The number of benzene rings is 2. The van der Waals surface area contributed by atoms with Crippen molar-refractivity contribution in [1.82, 2.24) is 4.90 Å². The van der Waals surface area contributed by atoms with E-state index >= 15 is 4.11 Å². The Hall–Kier alpha value is -2.88. The number of rotatable bonds is 9. The first-order chi connectivity index (χ1) is 19.7. The summed E-state index contributed by atoms with van der Waals surface area (Å²) in [6.07, 6.45) is 3.84. The largest absolute Gasteiger partial charge is 0.394 e. The Morgan fingerprint density at radius 2 is 1.83 bits per heavy atom. The number of halogens is 1. The molecule has 9 heteroatoms. The summed E-state index contributed by atoms with van der Waals surface area (Å²) in [5.74, 6) is -0.0410. The van der Waals surface area contributed by atoms with Crippen LogP contribution in [0.4, 0.5) is 9.80 Å². The molecule has 0 bridgehead atoms. The molecule has 5 atom stereocenters. The van der Waals surface area contributed by atoms with E-state index in [9.17, 15) is 14.7 Å². The van der Waals surface area contributed by atoms with Crippen molar-refractivity contribution in [3.63, 3.8) is 0 Å². The molecule has 3 heterocycles. The molecular weight excluding hydrogens is 537 g/mol. The minimum atomic E-state index is -3.09. The lowest BCUT2D eigenvalue weighted by Gasteiger charge is -2.30. The summed E-state index contributed by atoms with van der Waals surface area (Å²) in [6, 6.07) is 17.7. The van der Waals surface area contributed by atoms with E-state index in [1.165, 1.54) is 5.01 Å². The fraction of sp³-hybridized carbons (Fsp3) is 0.531. The van der Waals surface area contributed by atoms with Gasteiger partial charge in [-0.25, -0.2) is 5.01 Å². The van der Waals surface area contributed by atoms with Gasteiger partial charge in [0.25, 0.3) is 0 Å². The Morgan fingerprint density at radius 1 is 1.10 bits per heavy atom. The number of nitrogens with zero attached hydrogens (tertiary/aromatic N) is 3. The minimum Gasteiger partial charge on any atom is -0.394 e. The minimum absolute atomic E-state index is 0.0164. The van der Waals surface area contributed by atoms with Gasteiger partial charge in [-0.1, -0.05) is 49.4 Å². The van der Waals surface area contributed by atoms with Crippen LogP contribution in [-0.4, -0.2) is 67.3 Å². The lowest BCUT2D eigenvalue weighted by Crippen LogP contribution is -2.42. The van der Waals surface area contributed by atoms with Crippen LogP contribution >= 0.6 is 0 Å². The van der Waals surface area contributed by atoms with Gasteiger partial charge in [-0.3, -0.25) is 9.59 Å². The number of amides is 2. The zero-order chi connectivity index (χ0) is 29.1. The first-order valence-corrected chi connectivity index (χ1v) is 17.9. The van der Waals surface area contributed by atoms with Gasteiger partial charge in [-0.2, -0.15) is 5.10 Å². The third kappa shape index (κ3) is 6.63. The Kier molecular flexibility index (Phi) is 9.06. The molecule has 2 aromatic rings. The monoisotopic (exact) mass is 579 g/mol. The van der Waals surface area contributed by atoms with Crippen molar-refractivity contribution < 1.29 is 23.5 Å². The van der Waals surface area contributed by atoms with Crippen molar-refractivity contribution in [1.29, 1.82) is 0 Å². The zero-order valence-electron chi connectivity index (χ0n) is 24.3. The number of likely N-dealkylation sites (tertiary alicyclic amines) is 1. The first kappa shape index (κ1) is 29.6. The molecule has 0 unspecified atom stereocenters. The summed E-state index contributed by atoms with van der Waals surface area (Å²) in [5, 5.41) is 15.8. The Labute approximate surface area is 243 Å². The SMILES string of the molecule is C[C@@H]1[C@@H]([Si](C)(C)F)[C@H](CC(=O)N2CCC[C@H]2CO)O[C@@H]1CCc1ccc(N2N=C(c3ccccc3)CCC2=O)cc1. The molecule has 3 aliphatic rings. The Balaban J connectivity index is 1.23. The van der Waals surface area contributed by atoms with Gasteiger partial charge in [0.15, 0.2) is 0 Å². The van der Waals surface area contributed by atoms with Gasteiger partial charge in [0.2, 0.25) is 20.2 Å². The standard InChI is InChI=1S/C32H42FN3O4Si/c1-22-28(40-29(32(22)41(2,3)33)20-31(39)35-19-7-10-26(35)21-37)17-13-23-11-14-25(15-12-23)36-30(38)18-16-27(34-36)24-8-5-4-6-9-24/h4-6,8-9,11-12,14-15,22,26,28-29,32,37H,7,10,13,16-21H2,1-3H3/t22-,26-,28+,29-,32+/m0/s1. The highest BCUT2D eigenvalue weighted by molar-refractivity contribution is 6.72. The second-order valence-electron chi connectivity index (χ2n) is 12.3. The third-order valence-electron chi connectivity index (χ3n) is 9.02. The molecule has 2 aromatic carbocycles. The summed E-state index contributed by atoms with van der Waals surface area (Å²) in [5.41, 5.74) is 3.52. The molecule has 1 N–H and O–H groups in total. The predicted octanol–water partition coefficient (Wildman–Crippen LogP) is 5.47. The lowest BCUT2D eigenvalue weighted by molar-refractivity contribution is -0.135. The smallest absolute Gasteiger partial charge is 0.247 e. The number of aliphatic hydroxyl groups is 1. The summed E-state index contributed by atoms with van der Waals surface area (Å²) in [6.45, 7) is 6.11. The van der Waals surface area contributed by atoms with Crippen molar-refractivity contribution in [2.24, 2.45) is 11.0 Å². The van der Waals surface area contributed by atoms with Crippen LogP contribution in [0.25, 0.3) is 0 Å². The van der Waals surface area contributed by atoms with Gasteiger partial charge >= 0.3 is 0 Å². The highest BCUT2D eigenvalue weighted by Gasteiger charge is 2.52. The van der Waals surface area contributed by atoms with Gasteiger partial charge < -0.3 is 18.9 Å². The molecule has 3 aliphatic heterocycles. The van der Waals surface area contributed by atoms with Crippen LogP contribution in [-0.2, 0) is 20.7 Å². The molecule has 5 rings (SSSR count). The molecule has 220 valence electrons. The molecule has 0 aliphatic carbocycles. The average Bonchev–Trinajstić information content (AvgIpc) is 3.57. The molecule has 0 aromatic heterocycles. The number of carbonyl (C=O) groups excluding carboxylic acids is 2. The molecule has 41 heavy (non-hydrogen) atoms. The number of aryl methyl sites for hydroxylation is 1. The summed E-state index contributed by atoms with van der Waals surface area (Å²) in [7, 11) is -3.09. The third-order valence-corrected chi connectivity index (χ3v) is 11.5. The van der Waals surface area contributed by atoms with E-state index in [2.05, 4.69) is 12.0 Å². The summed E-state index contributed by atoms with van der Waals surface area (Å²) in [4.78, 5) is 27.5. The number of ether oxygens (including phenoxy) is 1. The van der Waals surface area contributed by atoms with Crippen LogP contribution < -0.4 is 5.01 Å². The topological polar surface area (TPSA) is 82.4 Å². The van der Waals surface area contributed by atoms with Crippen molar-refractivity contribution in [3.05, 3.63) is 65.7 Å². The summed E-state index contributed by atoms with van der Waals surface area (Å²) < 4.78 is 22.0. The van der Waals surface area contributed by atoms with Crippen LogP contribution in [0, 0.1) is 5.92 Å². The molecule has 2 amide bonds. The van der Waals surface area contributed by atoms with Gasteiger partial charge in [0.1, 0.15) is 0 Å². The van der Waals surface area contributed by atoms with Crippen LogP contribution in [0.1, 0.15) is 56.6 Å². The highest BCUT2D eigenvalue weighted by atomic mass is 28.4. The quantitative estimate of drug-likeness (QED) is 0.316. The molecule has 0 spiro atoms. The van der Waals surface area contributed by atoms with E-state index < -0.39 is 14.5 Å². The molecule has 0 saturated carbocycles. The van der Waals surface area contributed by atoms with E-state index in [1.54, 1.807) is 18.0 Å². The summed E-state index contributed by atoms with van der Waals surface area (Å²) >= 11 is 0. The van der Waals surface area contributed by atoms with Crippen LogP contribution in [0.3, 0.4) is 0 Å². The Morgan fingerprint density at radius 3 is 2.51 bits per heavy atom. The van der Waals surface area contributed by atoms with E-state index in [-0.39, 0.29) is 48.4 Å². The number of hydrogen-bond acceptors (Lipinski definition) is 5. The maximum atomic E-state index is 15.5. The van der Waals surface area contributed by atoms with Crippen molar-refractivity contribution in [3.8, 4) is 0 Å². The first-order valence-electron chi connectivity index (χ1n) is 14.9. The predicted molar refractivity (Wildman–Crippen MR) is 161 cm³/mol. The van der Waals surface area contributed by atoms with E-state index in [1.807, 2.05) is 54.6 Å². The van der Waals surface area contributed by atoms with Gasteiger partial charge in [-0.15, -0.1) is 0 Å². The number of hydrazone groups is 1. The zero-order valence-corrected chi connectivity index (χ0v) is 25.3. The molecule has 0 radical (unpaired) electrons. The molecular formula is C32H42FN3O4Si. The number of aliphatic hydroxyl groups excluding tert-OH is 1. The maximum Gasteiger partial charge on any atom is 0.247 e. The van der Waals surface area contributed by atoms with Crippen LogP contribution in [0.15, 0.2) is 59.7 Å². The van der Waals surface area contributed by atoms with Gasteiger partial charge in [-0.05, 0) is 68.0 Å². The van der Waals surface area contributed by atoms with E-state index in [4.69, 9.17) is 4.74 Å². The van der Waals surface area contributed by atoms with Crippen molar-refractivity contribution in [2.75, 3.05) is 18.2 Å². The van der Waals surface area contributed by atoms with Crippen LogP contribution in [0.2, 0.25) is 18.6 Å². The van der Waals surface area contributed by atoms with E-state index in [0.717, 1.165) is 48.2 Å². The number of anilines is 1. The Bertz CT molecular complexity index is 1250. The average molecular weight is 580 g/mol.